The van der Waals surface area contributed by atoms with Crippen molar-refractivity contribution in [2.45, 2.75) is 51.6 Å². The maximum atomic E-state index is 12.7. The third-order valence-electron chi connectivity index (χ3n) is 4.31. The summed E-state index contributed by atoms with van der Waals surface area (Å²) in [6, 6.07) is 9.38. The summed E-state index contributed by atoms with van der Waals surface area (Å²) in [6.07, 6.45) is 4.75. The van der Waals surface area contributed by atoms with E-state index in [0.29, 0.717) is 0 Å². The van der Waals surface area contributed by atoms with Crippen molar-refractivity contribution in [1.29, 1.82) is 0 Å². The summed E-state index contributed by atoms with van der Waals surface area (Å²) in [4.78, 5) is 12.7. The molecule has 0 saturated heterocycles. The van der Waals surface area contributed by atoms with Crippen molar-refractivity contribution in [1.82, 2.24) is 0 Å². The maximum absolute atomic E-state index is 12.7. The summed E-state index contributed by atoms with van der Waals surface area (Å²) in [5.41, 5.74) is -0.0838. The molecular formula is C17H24O2. The summed E-state index contributed by atoms with van der Waals surface area (Å²) in [5, 5.41) is 10.9. The van der Waals surface area contributed by atoms with Crippen LogP contribution >= 0.6 is 0 Å². The molecule has 0 aromatic heterocycles. The zero-order chi connectivity index (χ0) is 13.9. The number of hydrogen-bond acceptors (Lipinski definition) is 2. The van der Waals surface area contributed by atoms with Crippen molar-refractivity contribution in [2.75, 3.05) is 0 Å². The minimum absolute atomic E-state index is 0.0972. The van der Waals surface area contributed by atoms with Gasteiger partial charge in [0.05, 0.1) is 11.5 Å². The van der Waals surface area contributed by atoms with E-state index in [9.17, 15) is 9.90 Å². The lowest BCUT2D eigenvalue weighted by Gasteiger charge is -2.40. The number of aliphatic hydroxyl groups is 1. The first-order valence-electron chi connectivity index (χ1n) is 7.36. The molecule has 0 bridgehead atoms. The Morgan fingerprint density at radius 3 is 2.21 bits per heavy atom. The Morgan fingerprint density at radius 1 is 1.11 bits per heavy atom. The molecule has 0 aliphatic heterocycles. The van der Waals surface area contributed by atoms with Crippen LogP contribution in [0, 0.1) is 11.8 Å². The van der Waals surface area contributed by atoms with E-state index in [2.05, 4.69) is 0 Å². The number of carbonyl (C=O) groups excluding carboxylic acids is 1. The van der Waals surface area contributed by atoms with Gasteiger partial charge in [-0.2, -0.15) is 0 Å². The van der Waals surface area contributed by atoms with Crippen molar-refractivity contribution in [3.63, 3.8) is 0 Å². The minimum Gasteiger partial charge on any atom is -0.389 e. The molecule has 1 aromatic carbocycles. The van der Waals surface area contributed by atoms with Gasteiger partial charge >= 0.3 is 0 Å². The Hall–Kier alpha value is -1.15. The van der Waals surface area contributed by atoms with E-state index in [-0.39, 0.29) is 17.6 Å². The number of rotatable bonds is 4. The summed E-state index contributed by atoms with van der Waals surface area (Å²) in [6.45, 7) is 4.08. The van der Waals surface area contributed by atoms with Gasteiger partial charge in [0.25, 0.3) is 0 Å². The SMILES string of the molecule is CC(C)C(C(=O)c1ccccc1)C1(O)CCCCC1. The topological polar surface area (TPSA) is 37.3 Å². The fraction of sp³-hybridized carbons (Fsp3) is 0.588. The fourth-order valence-electron chi connectivity index (χ4n) is 3.42. The highest BCUT2D eigenvalue weighted by Crippen LogP contribution is 2.39. The molecule has 2 rings (SSSR count). The van der Waals surface area contributed by atoms with Gasteiger partial charge in [0, 0.05) is 5.56 Å². The van der Waals surface area contributed by atoms with Crippen LogP contribution in [0.1, 0.15) is 56.3 Å². The van der Waals surface area contributed by atoms with Crippen LogP contribution in [0.4, 0.5) is 0 Å². The third kappa shape index (κ3) is 3.06. The van der Waals surface area contributed by atoms with Gasteiger partial charge in [-0.25, -0.2) is 0 Å². The molecule has 1 fully saturated rings. The van der Waals surface area contributed by atoms with Crippen LogP contribution in [0.2, 0.25) is 0 Å². The predicted molar refractivity (Wildman–Crippen MR) is 77.1 cm³/mol. The van der Waals surface area contributed by atoms with Gasteiger partial charge in [-0.15, -0.1) is 0 Å². The van der Waals surface area contributed by atoms with E-state index in [4.69, 9.17) is 0 Å². The maximum Gasteiger partial charge on any atom is 0.169 e. The Bertz CT molecular complexity index is 416. The van der Waals surface area contributed by atoms with Crippen LogP contribution in [0.25, 0.3) is 0 Å². The predicted octanol–water partition coefficient (Wildman–Crippen LogP) is 3.84. The second-order valence-corrected chi connectivity index (χ2v) is 6.12. The molecule has 0 amide bonds. The highest BCUT2D eigenvalue weighted by molar-refractivity contribution is 5.98. The Balaban J connectivity index is 2.27. The molecule has 2 nitrogen and oxygen atoms in total. The molecule has 1 N–H and O–H groups in total. The molecule has 0 spiro atoms. The molecule has 1 aromatic rings. The van der Waals surface area contributed by atoms with Crippen molar-refractivity contribution >= 4 is 5.78 Å². The average Bonchev–Trinajstić information content (AvgIpc) is 2.40. The van der Waals surface area contributed by atoms with Gasteiger partial charge in [0.2, 0.25) is 0 Å². The largest absolute Gasteiger partial charge is 0.389 e. The quantitative estimate of drug-likeness (QED) is 0.835. The molecule has 1 aliphatic rings. The fourth-order valence-corrected chi connectivity index (χ4v) is 3.42. The van der Waals surface area contributed by atoms with Gasteiger partial charge in [-0.1, -0.05) is 63.4 Å². The van der Waals surface area contributed by atoms with Gasteiger partial charge < -0.3 is 5.11 Å². The van der Waals surface area contributed by atoms with Gasteiger partial charge in [-0.05, 0) is 18.8 Å². The third-order valence-corrected chi connectivity index (χ3v) is 4.31. The molecule has 1 aliphatic carbocycles. The van der Waals surface area contributed by atoms with Crippen LogP contribution in [0.5, 0.6) is 0 Å². The number of hydrogen-bond donors (Lipinski definition) is 1. The standard InChI is InChI=1S/C17H24O2/c1-13(2)15(17(19)11-7-4-8-12-17)16(18)14-9-5-3-6-10-14/h3,5-6,9-10,13,15,19H,4,7-8,11-12H2,1-2H3. The summed E-state index contributed by atoms with van der Waals surface area (Å²) in [7, 11) is 0. The summed E-state index contributed by atoms with van der Waals surface area (Å²) >= 11 is 0. The molecule has 1 unspecified atom stereocenters. The first-order valence-corrected chi connectivity index (χ1v) is 7.36. The molecule has 1 saturated carbocycles. The van der Waals surface area contributed by atoms with Crippen LogP contribution in [-0.4, -0.2) is 16.5 Å². The monoisotopic (exact) mass is 260 g/mol. The lowest BCUT2D eigenvalue weighted by Crippen LogP contribution is -2.46. The smallest absolute Gasteiger partial charge is 0.169 e. The summed E-state index contributed by atoms with van der Waals surface area (Å²) in [5.74, 6) is -0.0222. The van der Waals surface area contributed by atoms with E-state index in [0.717, 1.165) is 31.2 Å². The van der Waals surface area contributed by atoms with Crippen LogP contribution in [0.3, 0.4) is 0 Å². The molecule has 1 atom stereocenters. The second-order valence-electron chi connectivity index (χ2n) is 6.12. The van der Waals surface area contributed by atoms with Gasteiger partial charge in [0.1, 0.15) is 0 Å². The van der Waals surface area contributed by atoms with Crippen LogP contribution < -0.4 is 0 Å². The van der Waals surface area contributed by atoms with Gasteiger partial charge in [0.15, 0.2) is 5.78 Å². The first kappa shape index (κ1) is 14.3. The zero-order valence-electron chi connectivity index (χ0n) is 11.9. The Labute approximate surface area is 115 Å². The normalized spacial score (nSPS) is 20.2. The number of carbonyl (C=O) groups is 1. The molecule has 0 radical (unpaired) electrons. The van der Waals surface area contributed by atoms with Crippen molar-refractivity contribution in [3.8, 4) is 0 Å². The highest BCUT2D eigenvalue weighted by atomic mass is 16.3. The number of Topliss-reactive ketones (excluding diaryl/α,β-unsaturated/α-hetero) is 1. The molecular weight excluding hydrogens is 236 g/mol. The molecule has 19 heavy (non-hydrogen) atoms. The van der Waals surface area contributed by atoms with Crippen molar-refractivity contribution in [2.24, 2.45) is 11.8 Å². The average molecular weight is 260 g/mol. The van der Waals surface area contributed by atoms with E-state index in [1.54, 1.807) is 0 Å². The summed E-state index contributed by atoms with van der Waals surface area (Å²) < 4.78 is 0. The Morgan fingerprint density at radius 2 is 1.68 bits per heavy atom. The molecule has 104 valence electrons. The van der Waals surface area contributed by atoms with Crippen LogP contribution in [0.15, 0.2) is 30.3 Å². The second kappa shape index (κ2) is 5.87. The number of benzene rings is 1. The van der Waals surface area contributed by atoms with Crippen molar-refractivity contribution in [3.05, 3.63) is 35.9 Å². The highest BCUT2D eigenvalue weighted by Gasteiger charge is 2.43. The van der Waals surface area contributed by atoms with Crippen LogP contribution in [-0.2, 0) is 0 Å². The molecule has 0 heterocycles. The van der Waals surface area contributed by atoms with Crippen molar-refractivity contribution < 1.29 is 9.90 Å². The van der Waals surface area contributed by atoms with E-state index in [1.807, 2.05) is 44.2 Å². The van der Waals surface area contributed by atoms with E-state index < -0.39 is 5.60 Å². The van der Waals surface area contributed by atoms with E-state index in [1.165, 1.54) is 6.42 Å². The number of ketones is 1. The van der Waals surface area contributed by atoms with Gasteiger partial charge in [-0.3, -0.25) is 4.79 Å². The van der Waals surface area contributed by atoms with E-state index >= 15 is 0 Å². The lowest BCUT2D eigenvalue weighted by atomic mass is 9.68. The minimum atomic E-state index is -0.806. The Kier molecular flexibility index (Phi) is 4.41. The lowest BCUT2D eigenvalue weighted by molar-refractivity contribution is -0.0520. The molecule has 2 heteroatoms. The first-order chi connectivity index (χ1) is 9.04. The zero-order valence-corrected chi connectivity index (χ0v) is 11.9.